The Morgan fingerprint density at radius 1 is 1.43 bits per heavy atom. The standard InChI is InChI=1S/C10H24N4/c1-4-9(12-11)10-8-13(2)6-5-7-14(10)3/h9-10,12H,4-8,11H2,1-3H3. The van der Waals surface area contributed by atoms with Gasteiger partial charge in [-0.3, -0.25) is 11.3 Å². The second-order valence-electron chi connectivity index (χ2n) is 4.35. The van der Waals surface area contributed by atoms with Gasteiger partial charge in [0.25, 0.3) is 0 Å². The Morgan fingerprint density at radius 2 is 2.14 bits per heavy atom. The molecule has 14 heavy (non-hydrogen) atoms. The van der Waals surface area contributed by atoms with Crippen LogP contribution in [-0.4, -0.2) is 55.6 Å². The van der Waals surface area contributed by atoms with E-state index in [4.69, 9.17) is 5.84 Å². The van der Waals surface area contributed by atoms with E-state index in [-0.39, 0.29) is 0 Å². The third kappa shape index (κ3) is 2.92. The van der Waals surface area contributed by atoms with Crippen LogP contribution in [0.4, 0.5) is 0 Å². The van der Waals surface area contributed by atoms with Crippen LogP contribution in [0, 0.1) is 0 Å². The van der Waals surface area contributed by atoms with Gasteiger partial charge in [0.2, 0.25) is 0 Å². The van der Waals surface area contributed by atoms with Crippen molar-refractivity contribution in [1.82, 2.24) is 15.2 Å². The molecule has 0 aliphatic carbocycles. The number of likely N-dealkylation sites (N-methyl/N-ethyl adjacent to an activating group) is 2. The third-order valence-electron chi connectivity index (χ3n) is 3.23. The van der Waals surface area contributed by atoms with Crippen LogP contribution in [0.15, 0.2) is 0 Å². The predicted molar refractivity (Wildman–Crippen MR) is 59.9 cm³/mol. The molecule has 84 valence electrons. The van der Waals surface area contributed by atoms with Gasteiger partial charge in [0.1, 0.15) is 0 Å². The van der Waals surface area contributed by atoms with Crippen molar-refractivity contribution < 1.29 is 0 Å². The maximum absolute atomic E-state index is 5.58. The zero-order chi connectivity index (χ0) is 10.6. The van der Waals surface area contributed by atoms with Crippen LogP contribution in [0.1, 0.15) is 19.8 Å². The Balaban J connectivity index is 2.60. The van der Waals surface area contributed by atoms with E-state index < -0.39 is 0 Å². The summed E-state index contributed by atoms with van der Waals surface area (Å²) in [5, 5.41) is 0. The molecule has 1 rings (SSSR count). The van der Waals surface area contributed by atoms with E-state index >= 15 is 0 Å². The SMILES string of the molecule is CCC(NN)C1CN(C)CCCN1C. The second-order valence-corrected chi connectivity index (χ2v) is 4.35. The number of hydrogen-bond donors (Lipinski definition) is 2. The van der Waals surface area contributed by atoms with Crippen LogP contribution >= 0.6 is 0 Å². The van der Waals surface area contributed by atoms with E-state index in [1.807, 2.05) is 0 Å². The summed E-state index contributed by atoms with van der Waals surface area (Å²) in [5.74, 6) is 5.58. The zero-order valence-corrected chi connectivity index (χ0v) is 9.66. The van der Waals surface area contributed by atoms with E-state index in [9.17, 15) is 0 Å². The van der Waals surface area contributed by atoms with Crippen molar-refractivity contribution in [1.29, 1.82) is 0 Å². The molecule has 1 fully saturated rings. The molecule has 0 bridgehead atoms. The highest BCUT2D eigenvalue weighted by Crippen LogP contribution is 2.11. The van der Waals surface area contributed by atoms with Gasteiger partial charge in [0, 0.05) is 18.6 Å². The Labute approximate surface area is 87.4 Å². The fourth-order valence-corrected chi connectivity index (χ4v) is 2.24. The molecule has 0 aromatic carbocycles. The maximum atomic E-state index is 5.58. The lowest BCUT2D eigenvalue weighted by molar-refractivity contribution is 0.175. The Bertz CT molecular complexity index is 158. The smallest absolute Gasteiger partial charge is 0.0386 e. The summed E-state index contributed by atoms with van der Waals surface area (Å²) in [7, 11) is 4.39. The van der Waals surface area contributed by atoms with Gasteiger partial charge in [0.05, 0.1) is 0 Å². The highest BCUT2D eigenvalue weighted by atomic mass is 15.3. The first-order chi connectivity index (χ1) is 6.69. The molecule has 1 aliphatic rings. The summed E-state index contributed by atoms with van der Waals surface area (Å²) in [6, 6.07) is 0.943. The van der Waals surface area contributed by atoms with E-state index in [0.29, 0.717) is 12.1 Å². The van der Waals surface area contributed by atoms with Gasteiger partial charge in [-0.15, -0.1) is 0 Å². The van der Waals surface area contributed by atoms with E-state index in [1.165, 1.54) is 19.5 Å². The molecule has 0 radical (unpaired) electrons. The van der Waals surface area contributed by atoms with Crippen molar-refractivity contribution in [2.24, 2.45) is 5.84 Å². The minimum Gasteiger partial charge on any atom is -0.305 e. The van der Waals surface area contributed by atoms with Crippen molar-refractivity contribution in [2.45, 2.75) is 31.8 Å². The predicted octanol–water partition coefficient (Wildman–Crippen LogP) is -0.136. The average molecular weight is 200 g/mol. The Kier molecular flexibility index (Phi) is 4.81. The lowest BCUT2D eigenvalue weighted by Gasteiger charge is -2.33. The van der Waals surface area contributed by atoms with Crippen LogP contribution < -0.4 is 11.3 Å². The summed E-state index contributed by atoms with van der Waals surface area (Å²) in [5.41, 5.74) is 2.93. The van der Waals surface area contributed by atoms with Crippen molar-refractivity contribution in [2.75, 3.05) is 33.7 Å². The van der Waals surface area contributed by atoms with Gasteiger partial charge in [0.15, 0.2) is 0 Å². The van der Waals surface area contributed by atoms with Crippen molar-refractivity contribution in [3.8, 4) is 0 Å². The molecule has 4 nitrogen and oxygen atoms in total. The topological polar surface area (TPSA) is 44.5 Å². The summed E-state index contributed by atoms with van der Waals surface area (Å²) >= 11 is 0. The van der Waals surface area contributed by atoms with Crippen molar-refractivity contribution in [3.05, 3.63) is 0 Å². The normalized spacial score (nSPS) is 28.7. The minimum atomic E-state index is 0.403. The molecule has 0 aromatic rings. The molecule has 3 N–H and O–H groups in total. The number of hydrazine groups is 1. The lowest BCUT2D eigenvalue weighted by atomic mass is 10.1. The first kappa shape index (κ1) is 11.9. The van der Waals surface area contributed by atoms with Gasteiger partial charge < -0.3 is 9.80 Å². The molecule has 0 aromatic heterocycles. The quantitative estimate of drug-likeness (QED) is 0.492. The van der Waals surface area contributed by atoms with Crippen LogP contribution in [-0.2, 0) is 0 Å². The number of hydrogen-bond acceptors (Lipinski definition) is 4. The van der Waals surface area contributed by atoms with E-state index in [0.717, 1.165) is 13.0 Å². The fourth-order valence-electron chi connectivity index (χ4n) is 2.24. The largest absolute Gasteiger partial charge is 0.305 e. The Morgan fingerprint density at radius 3 is 2.71 bits per heavy atom. The Hall–Kier alpha value is -0.160. The number of rotatable bonds is 3. The molecule has 4 heteroatoms. The molecule has 2 unspecified atom stereocenters. The van der Waals surface area contributed by atoms with E-state index in [1.54, 1.807) is 0 Å². The average Bonchev–Trinajstić information content (AvgIpc) is 2.32. The van der Waals surface area contributed by atoms with Crippen LogP contribution in [0.3, 0.4) is 0 Å². The highest BCUT2D eigenvalue weighted by Gasteiger charge is 2.26. The first-order valence-electron chi connectivity index (χ1n) is 5.54. The monoisotopic (exact) mass is 200 g/mol. The van der Waals surface area contributed by atoms with Gasteiger partial charge in [-0.2, -0.15) is 0 Å². The molecular formula is C10H24N4. The molecule has 1 heterocycles. The zero-order valence-electron chi connectivity index (χ0n) is 9.66. The van der Waals surface area contributed by atoms with Crippen molar-refractivity contribution >= 4 is 0 Å². The highest BCUT2D eigenvalue weighted by molar-refractivity contribution is 4.85. The maximum Gasteiger partial charge on any atom is 0.0386 e. The van der Waals surface area contributed by atoms with Gasteiger partial charge >= 0.3 is 0 Å². The fraction of sp³-hybridized carbons (Fsp3) is 1.00. The van der Waals surface area contributed by atoms with Gasteiger partial charge in [-0.1, -0.05) is 6.92 Å². The molecule has 1 saturated heterocycles. The minimum absolute atomic E-state index is 0.403. The molecular weight excluding hydrogens is 176 g/mol. The molecule has 1 aliphatic heterocycles. The van der Waals surface area contributed by atoms with Gasteiger partial charge in [-0.25, -0.2) is 0 Å². The summed E-state index contributed by atoms with van der Waals surface area (Å²) in [6.07, 6.45) is 2.34. The van der Waals surface area contributed by atoms with E-state index in [2.05, 4.69) is 36.2 Å². The first-order valence-corrected chi connectivity index (χ1v) is 5.54. The molecule has 0 spiro atoms. The third-order valence-corrected chi connectivity index (χ3v) is 3.23. The summed E-state index contributed by atoms with van der Waals surface area (Å²) in [4.78, 5) is 4.83. The number of nitrogens with one attached hydrogen (secondary N) is 1. The van der Waals surface area contributed by atoms with Crippen LogP contribution in [0.25, 0.3) is 0 Å². The number of nitrogens with zero attached hydrogens (tertiary/aromatic N) is 2. The summed E-state index contributed by atoms with van der Waals surface area (Å²) < 4.78 is 0. The number of nitrogens with two attached hydrogens (primary N) is 1. The second kappa shape index (κ2) is 5.66. The summed E-state index contributed by atoms with van der Waals surface area (Å²) in [6.45, 7) is 5.66. The van der Waals surface area contributed by atoms with Gasteiger partial charge in [-0.05, 0) is 40.0 Å². The lowest BCUT2D eigenvalue weighted by Crippen LogP contribution is -2.53. The van der Waals surface area contributed by atoms with Crippen LogP contribution in [0.2, 0.25) is 0 Å². The van der Waals surface area contributed by atoms with Crippen molar-refractivity contribution in [3.63, 3.8) is 0 Å². The molecule has 2 atom stereocenters. The molecule has 0 amide bonds. The molecule has 0 saturated carbocycles. The van der Waals surface area contributed by atoms with Crippen LogP contribution in [0.5, 0.6) is 0 Å².